The number of rotatable bonds is 4. The molecule has 0 bridgehead atoms. The number of para-hydroxylation sites is 1. The van der Waals surface area contributed by atoms with Crippen LogP contribution in [0.1, 0.15) is 5.56 Å². The van der Waals surface area contributed by atoms with Crippen molar-refractivity contribution < 1.29 is 4.79 Å². The summed E-state index contributed by atoms with van der Waals surface area (Å²) >= 11 is 0. The number of benzene rings is 3. The van der Waals surface area contributed by atoms with Gasteiger partial charge in [0.05, 0.1) is 22.6 Å². The maximum atomic E-state index is 11.4. The third kappa shape index (κ3) is 3.51. The second kappa shape index (κ2) is 7.42. The molecular weight excluding hydrogens is 390 g/mol. The van der Waals surface area contributed by atoms with Gasteiger partial charge in [0.1, 0.15) is 5.52 Å². The highest BCUT2D eigenvalue weighted by molar-refractivity contribution is 5.90. The molecular formula is C23H19N7O. The first kappa shape index (κ1) is 18.6. The van der Waals surface area contributed by atoms with Gasteiger partial charge < -0.3 is 10.7 Å². The Kier molecular flexibility index (Phi) is 4.44. The molecule has 8 nitrogen and oxygen atoms in total. The Balaban J connectivity index is 1.68. The van der Waals surface area contributed by atoms with Crippen LogP contribution in [0.15, 0.2) is 72.8 Å². The van der Waals surface area contributed by atoms with Crippen molar-refractivity contribution in [2.24, 2.45) is 5.73 Å². The van der Waals surface area contributed by atoms with Gasteiger partial charge in [-0.1, -0.05) is 53.2 Å². The molecule has 2 heterocycles. The topological polar surface area (TPSA) is 115 Å². The number of hydrogen-bond acceptors (Lipinski definition) is 4. The van der Waals surface area contributed by atoms with Crippen molar-refractivity contribution in [1.29, 1.82) is 0 Å². The van der Waals surface area contributed by atoms with E-state index in [1.807, 2.05) is 79.7 Å². The molecule has 0 saturated carbocycles. The van der Waals surface area contributed by atoms with Crippen molar-refractivity contribution in [1.82, 2.24) is 25.0 Å². The monoisotopic (exact) mass is 409 g/mol. The lowest BCUT2D eigenvalue weighted by molar-refractivity contribution is 0.259. The summed E-state index contributed by atoms with van der Waals surface area (Å²) < 4.78 is 1.80. The van der Waals surface area contributed by atoms with E-state index in [2.05, 4.69) is 25.6 Å². The summed E-state index contributed by atoms with van der Waals surface area (Å²) in [6, 6.07) is 23.0. The quantitative estimate of drug-likeness (QED) is 0.411. The molecule has 5 rings (SSSR count). The average molecular weight is 409 g/mol. The number of H-pyrrole nitrogens is 1. The number of primary amides is 1. The van der Waals surface area contributed by atoms with E-state index >= 15 is 0 Å². The Bertz CT molecular complexity index is 1400. The van der Waals surface area contributed by atoms with Crippen LogP contribution in [0.3, 0.4) is 0 Å². The molecule has 3 aromatic carbocycles. The van der Waals surface area contributed by atoms with Gasteiger partial charge in [0.2, 0.25) is 5.95 Å². The Hall–Kier alpha value is -4.46. The van der Waals surface area contributed by atoms with Gasteiger partial charge in [-0.15, -0.1) is 5.10 Å². The summed E-state index contributed by atoms with van der Waals surface area (Å²) in [5, 5.41) is 11.1. The average Bonchev–Trinajstić information content (AvgIpc) is 3.38. The van der Waals surface area contributed by atoms with Gasteiger partial charge in [-0.2, -0.15) is 0 Å². The second-order valence-electron chi connectivity index (χ2n) is 7.21. The van der Waals surface area contributed by atoms with Crippen LogP contribution in [0.2, 0.25) is 0 Å². The van der Waals surface area contributed by atoms with Gasteiger partial charge in [-0.3, -0.25) is 5.32 Å². The summed E-state index contributed by atoms with van der Waals surface area (Å²) in [6.45, 7) is 2.02. The fraction of sp³-hybridized carbons (Fsp3) is 0.0435. The van der Waals surface area contributed by atoms with E-state index in [9.17, 15) is 4.79 Å². The van der Waals surface area contributed by atoms with Crippen molar-refractivity contribution in [3.63, 3.8) is 0 Å². The first-order chi connectivity index (χ1) is 15.1. The number of aromatic nitrogens is 5. The van der Waals surface area contributed by atoms with Crippen molar-refractivity contribution in [3.8, 4) is 28.2 Å². The lowest BCUT2D eigenvalue weighted by Gasteiger charge is -2.06. The number of nitrogens with two attached hydrogens (primary N) is 1. The molecule has 8 heteroatoms. The predicted molar refractivity (Wildman–Crippen MR) is 120 cm³/mol. The standard InChI is InChI=1S/C23H19N7O/c1-14-6-5-7-15(12-14)20-21(26-23(25-20)27-22(24)31)16-10-11-18-19(13-16)30(29-28-18)17-8-3-2-4-9-17/h2-13H,1H3,(H4,24,25,26,27,31). The highest BCUT2D eigenvalue weighted by Crippen LogP contribution is 2.33. The molecule has 152 valence electrons. The van der Waals surface area contributed by atoms with Crippen LogP contribution >= 0.6 is 0 Å². The number of amides is 2. The highest BCUT2D eigenvalue weighted by atomic mass is 16.2. The minimum Gasteiger partial charge on any atom is -0.351 e. The van der Waals surface area contributed by atoms with Crippen LogP contribution in [0.4, 0.5) is 10.7 Å². The molecule has 2 amide bonds. The van der Waals surface area contributed by atoms with E-state index in [1.165, 1.54) is 0 Å². The predicted octanol–water partition coefficient (Wildman–Crippen LogP) is 4.28. The van der Waals surface area contributed by atoms with Gasteiger partial charge in [-0.05, 0) is 37.3 Å². The number of hydrogen-bond donors (Lipinski definition) is 3. The van der Waals surface area contributed by atoms with Gasteiger partial charge in [0.25, 0.3) is 0 Å². The fourth-order valence-corrected chi connectivity index (χ4v) is 3.59. The number of anilines is 1. The summed E-state index contributed by atoms with van der Waals surface area (Å²) in [5.41, 5.74) is 12.3. The second-order valence-corrected chi connectivity index (χ2v) is 7.21. The first-order valence-electron chi connectivity index (χ1n) is 9.73. The molecule has 0 fully saturated rings. The number of carbonyl (C=O) groups is 1. The van der Waals surface area contributed by atoms with Crippen molar-refractivity contribution in [2.75, 3.05) is 5.32 Å². The summed E-state index contributed by atoms with van der Waals surface area (Å²) in [7, 11) is 0. The van der Waals surface area contributed by atoms with Crippen LogP contribution < -0.4 is 11.1 Å². The van der Waals surface area contributed by atoms with Gasteiger partial charge in [0, 0.05) is 11.1 Å². The number of fused-ring (bicyclic) bond motifs is 1. The molecule has 5 aromatic rings. The maximum Gasteiger partial charge on any atom is 0.318 e. The largest absolute Gasteiger partial charge is 0.351 e. The van der Waals surface area contributed by atoms with Crippen LogP contribution in [0.5, 0.6) is 0 Å². The van der Waals surface area contributed by atoms with Gasteiger partial charge in [0.15, 0.2) is 0 Å². The fourth-order valence-electron chi connectivity index (χ4n) is 3.59. The van der Waals surface area contributed by atoms with Gasteiger partial charge >= 0.3 is 6.03 Å². The van der Waals surface area contributed by atoms with E-state index < -0.39 is 6.03 Å². The molecule has 0 unspecified atom stereocenters. The summed E-state index contributed by atoms with van der Waals surface area (Å²) in [5.74, 6) is 0.286. The van der Waals surface area contributed by atoms with E-state index in [1.54, 1.807) is 4.68 Å². The Morgan fingerprint density at radius 1 is 1.00 bits per heavy atom. The number of aryl methyl sites for hydroxylation is 1. The molecule has 0 aliphatic heterocycles. The third-order valence-corrected chi connectivity index (χ3v) is 4.97. The van der Waals surface area contributed by atoms with E-state index in [0.717, 1.165) is 39.1 Å². The van der Waals surface area contributed by atoms with E-state index in [0.29, 0.717) is 5.69 Å². The zero-order chi connectivity index (χ0) is 21.4. The molecule has 0 radical (unpaired) electrons. The normalized spacial score (nSPS) is 11.0. The molecule has 0 spiro atoms. The van der Waals surface area contributed by atoms with E-state index in [-0.39, 0.29) is 5.95 Å². The first-order valence-corrected chi connectivity index (χ1v) is 9.73. The zero-order valence-electron chi connectivity index (χ0n) is 16.7. The maximum absolute atomic E-state index is 11.4. The van der Waals surface area contributed by atoms with Gasteiger partial charge in [-0.25, -0.2) is 14.5 Å². The van der Waals surface area contributed by atoms with Crippen molar-refractivity contribution in [2.45, 2.75) is 6.92 Å². The smallest absolute Gasteiger partial charge is 0.318 e. The third-order valence-electron chi connectivity index (χ3n) is 4.97. The number of urea groups is 1. The molecule has 0 saturated heterocycles. The van der Waals surface area contributed by atoms with E-state index in [4.69, 9.17) is 5.73 Å². The lowest BCUT2D eigenvalue weighted by atomic mass is 10.0. The van der Waals surface area contributed by atoms with Crippen molar-refractivity contribution >= 4 is 23.0 Å². The number of imidazole rings is 1. The SMILES string of the molecule is Cc1cccc(-c2nc(NC(N)=O)[nH]c2-c2ccc3nnn(-c4ccccc4)c3c2)c1. The van der Waals surface area contributed by atoms with Crippen molar-refractivity contribution in [3.05, 3.63) is 78.4 Å². The number of aromatic amines is 1. The lowest BCUT2D eigenvalue weighted by Crippen LogP contribution is -2.20. The molecule has 0 aliphatic rings. The van der Waals surface area contributed by atoms with Crippen LogP contribution in [0, 0.1) is 6.92 Å². The summed E-state index contributed by atoms with van der Waals surface area (Å²) in [6.07, 6.45) is 0. The van der Waals surface area contributed by atoms with Crippen LogP contribution in [0.25, 0.3) is 39.2 Å². The number of nitrogens with zero attached hydrogens (tertiary/aromatic N) is 4. The number of carbonyl (C=O) groups excluding carboxylic acids is 1. The minimum atomic E-state index is -0.683. The highest BCUT2D eigenvalue weighted by Gasteiger charge is 2.17. The molecule has 4 N–H and O–H groups in total. The van der Waals surface area contributed by atoms with Crippen LogP contribution in [-0.2, 0) is 0 Å². The number of nitrogens with one attached hydrogen (secondary N) is 2. The molecule has 2 aromatic heterocycles. The Labute approximate surface area is 177 Å². The summed E-state index contributed by atoms with van der Waals surface area (Å²) in [4.78, 5) is 19.2. The Morgan fingerprint density at radius 3 is 2.61 bits per heavy atom. The molecule has 0 atom stereocenters. The van der Waals surface area contributed by atoms with Crippen LogP contribution in [-0.4, -0.2) is 31.0 Å². The Morgan fingerprint density at radius 2 is 1.84 bits per heavy atom. The molecule has 0 aliphatic carbocycles. The molecule has 31 heavy (non-hydrogen) atoms. The zero-order valence-corrected chi connectivity index (χ0v) is 16.7. The minimum absolute atomic E-state index is 0.286.